The van der Waals surface area contributed by atoms with E-state index in [1.165, 1.54) is 0 Å². The van der Waals surface area contributed by atoms with Crippen molar-refractivity contribution in [3.05, 3.63) is 54.4 Å². The molecule has 0 amide bonds. The monoisotopic (exact) mass is 197 g/mol. The van der Waals surface area contributed by atoms with Crippen LogP contribution in [0.25, 0.3) is 11.1 Å². The molecule has 0 unspecified atom stereocenters. The lowest BCUT2D eigenvalue weighted by molar-refractivity contribution is 0.101. The molecule has 0 saturated heterocycles. The first-order valence-corrected chi connectivity index (χ1v) is 4.79. The molecule has 0 aliphatic heterocycles. The lowest BCUT2D eigenvalue weighted by Gasteiger charge is -2.05. The van der Waals surface area contributed by atoms with Crippen molar-refractivity contribution in [2.75, 3.05) is 0 Å². The van der Waals surface area contributed by atoms with E-state index in [0.717, 1.165) is 16.7 Å². The molecule has 0 aliphatic carbocycles. The minimum absolute atomic E-state index is 0.0782. The van der Waals surface area contributed by atoms with Crippen molar-refractivity contribution in [2.24, 2.45) is 0 Å². The molecule has 0 N–H and O–H groups in total. The van der Waals surface area contributed by atoms with E-state index in [-0.39, 0.29) is 5.78 Å². The SMILES string of the molecule is CC(=O)c1ccccc1-c1cccnc1. The molecule has 0 saturated carbocycles. The molecule has 15 heavy (non-hydrogen) atoms. The van der Waals surface area contributed by atoms with Crippen LogP contribution in [0.3, 0.4) is 0 Å². The molecule has 2 nitrogen and oxygen atoms in total. The Hall–Kier alpha value is -1.96. The third-order valence-corrected chi connectivity index (χ3v) is 2.28. The van der Waals surface area contributed by atoms with Crippen LogP contribution in [0.1, 0.15) is 17.3 Å². The van der Waals surface area contributed by atoms with Crippen LogP contribution >= 0.6 is 0 Å². The van der Waals surface area contributed by atoms with E-state index in [9.17, 15) is 4.79 Å². The van der Waals surface area contributed by atoms with Crippen LogP contribution in [-0.4, -0.2) is 10.8 Å². The third-order valence-electron chi connectivity index (χ3n) is 2.28. The molecule has 1 aromatic carbocycles. The van der Waals surface area contributed by atoms with Gasteiger partial charge in [0.05, 0.1) is 0 Å². The van der Waals surface area contributed by atoms with Gasteiger partial charge in [0.25, 0.3) is 0 Å². The summed E-state index contributed by atoms with van der Waals surface area (Å²) in [5.74, 6) is 0.0782. The number of aromatic nitrogens is 1. The smallest absolute Gasteiger partial charge is 0.160 e. The van der Waals surface area contributed by atoms with Gasteiger partial charge in [-0.25, -0.2) is 0 Å². The first-order chi connectivity index (χ1) is 7.29. The Bertz CT molecular complexity index is 477. The van der Waals surface area contributed by atoms with Crippen LogP contribution in [0.5, 0.6) is 0 Å². The van der Waals surface area contributed by atoms with E-state index in [1.54, 1.807) is 19.3 Å². The highest BCUT2D eigenvalue weighted by Gasteiger charge is 2.07. The Balaban J connectivity index is 2.58. The highest BCUT2D eigenvalue weighted by atomic mass is 16.1. The molecule has 0 bridgehead atoms. The number of Topliss-reactive ketones (excluding diaryl/α,β-unsaturated/α-hetero) is 1. The summed E-state index contributed by atoms with van der Waals surface area (Å²) in [7, 11) is 0. The van der Waals surface area contributed by atoms with Crippen LogP contribution in [0, 0.1) is 0 Å². The number of carbonyl (C=O) groups excluding carboxylic acids is 1. The van der Waals surface area contributed by atoms with Gasteiger partial charge in [-0.2, -0.15) is 0 Å². The summed E-state index contributed by atoms with van der Waals surface area (Å²) in [6.07, 6.45) is 3.49. The predicted molar refractivity (Wildman–Crippen MR) is 59.7 cm³/mol. The van der Waals surface area contributed by atoms with Crippen molar-refractivity contribution in [3.63, 3.8) is 0 Å². The van der Waals surface area contributed by atoms with E-state index >= 15 is 0 Å². The maximum absolute atomic E-state index is 11.4. The molecular weight excluding hydrogens is 186 g/mol. The van der Waals surface area contributed by atoms with Gasteiger partial charge in [-0.3, -0.25) is 9.78 Å². The fourth-order valence-electron chi connectivity index (χ4n) is 1.56. The Morgan fingerprint density at radius 3 is 2.60 bits per heavy atom. The first kappa shape index (κ1) is 9.59. The second kappa shape index (κ2) is 4.05. The Morgan fingerprint density at radius 1 is 1.13 bits per heavy atom. The van der Waals surface area contributed by atoms with Crippen LogP contribution in [0.15, 0.2) is 48.8 Å². The van der Waals surface area contributed by atoms with Crippen molar-refractivity contribution in [1.29, 1.82) is 0 Å². The summed E-state index contributed by atoms with van der Waals surface area (Å²) < 4.78 is 0. The van der Waals surface area contributed by atoms with E-state index in [1.807, 2.05) is 36.4 Å². The minimum Gasteiger partial charge on any atom is -0.294 e. The van der Waals surface area contributed by atoms with Crippen molar-refractivity contribution in [2.45, 2.75) is 6.92 Å². The summed E-state index contributed by atoms with van der Waals surface area (Å²) >= 11 is 0. The average Bonchev–Trinajstić information content (AvgIpc) is 2.30. The van der Waals surface area contributed by atoms with E-state index in [4.69, 9.17) is 0 Å². The molecule has 0 atom stereocenters. The number of ketones is 1. The number of nitrogens with zero attached hydrogens (tertiary/aromatic N) is 1. The Morgan fingerprint density at radius 2 is 1.93 bits per heavy atom. The lowest BCUT2D eigenvalue weighted by Crippen LogP contribution is -1.95. The standard InChI is InChI=1S/C13H11NO/c1-10(15)12-6-2-3-7-13(12)11-5-4-8-14-9-11/h2-9H,1H3. The normalized spacial score (nSPS) is 9.93. The van der Waals surface area contributed by atoms with Crippen LogP contribution in [0.4, 0.5) is 0 Å². The second-order valence-corrected chi connectivity index (χ2v) is 3.34. The minimum atomic E-state index is 0.0782. The fraction of sp³-hybridized carbons (Fsp3) is 0.0769. The highest BCUT2D eigenvalue weighted by Crippen LogP contribution is 2.22. The topological polar surface area (TPSA) is 30.0 Å². The third kappa shape index (κ3) is 1.94. The van der Waals surface area contributed by atoms with Gasteiger partial charge in [0.2, 0.25) is 0 Å². The molecule has 2 rings (SSSR count). The van der Waals surface area contributed by atoms with Crippen LogP contribution in [-0.2, 0) is 0 Å². The van der Waals surface area contributed by atoms with Crippen molar-refractivity contribution >= 4 is 5.78 Å². The van der Waals surface area contributed by atoms with Crippen molar-refractivity contribution in [1.82, 2.24) is 4.98 Å². The maximum Gasteiger partial charge on any atom is 0.160 e. The zero-order chi connectivity index (χ0) is 10.7. The molecule has 0 radical (unpaired) electrons. The van der Waals surface area contributed by atoms with E-state index in [2.05, 4.69) is 4.98 Å². The quantitative estimate of drug-likeness (QED) is 0.693. The summed E-state index contributed by atoms with van der Waals surface area (Å²) in [4.78, 5) is 15.5. The number of benzene rings is 1. The molecule has 2 heteroatoms. The molecular formula is C13H11NO. The van der Waals surface area contributed by atoms with Gasteiger partial charge >= 0.3 is 0 Å². The number of hydrogen-bond acceptors (Lipinski definition) is 2. The Kier molecular flexibility index (Phi) is 2.59. The van der Waals surface area contributed by atoms with Crippen molar-refractivity contribution in [3.8, 4) is 11.1 Å². The molecule has 2 aromatic rings. The molecule has 0 aliphatic rings. The van der Waals surface area contributed by atoms with Gasteiger partial charge in [0.15, 0.2) is 5.78 Å². The summed E-state index contributed by atoms with van der Waals surface area (Å²) in [5.41, 5.74) is 2.66. The molecule has 74 valence electrons. The van der Waals surface area contributed by atoms with Gasteiger partial charge < -0.3 is 0 Å². The first-order valence-electron chi connectivity index (χ1n) is 4.79. The zero-order valence-electron chi connectivity index (χ0n) is 8.47. The van der Waals surface area contributed by atoms with Gasteiger partial charge in [-0.15, -0.1) is 0 Å². The van der Waals surface area contributed by atoms with Crippen molar-refractivity contribution < 1.29 is 4.79 Å². The van der Waals surface area contributed by atoms with Crippen LogP contribution in [0.2, 0.25) is 0 Å². The summed E-state index contributed by atoms with van der Waals surface area (Å²) in [6.45, 7) is 1.58. The molecule has 0 spiro atoms. The fourth-order valence-corrected chi connectivity index (χ4v) is 1.56. The summed E-state index contributed by atoms with van der Waals surface area (Å²) in [6, 6.07) is 11.4. The Labute approximate surface area is 88.6 Å². The van der Waals surface area contributed by atoms with E-state index < -0.39 is 0 Å². The maximum atomic E-state index is 11.4. The molecule has 1 heterocycles. The lowest BCUT2D eigenvalue weighted by atomic mass is 9.99. The molecule has 1 aromatic heterocycles. The summed E-state index contributed by atoms with van der Waals surface area (Å²) in [5, 5.41) is 0. The average molecular weight is 197 g/mol. The highest BCUT2D eigenvalue weighted by molar-refractivity contribution is 6.00. The second-order valence-electron chi connectivity index (χ2n) is 3.34. The molecule has 0 fully saturated rings. The number of rotatable bonds is 2. The van der Waals surface area contributed by atoms with Gasteiger partial charge in [-0.05, 0) is 18.6 Å². The number of carbonyl (C=O) groups is 1. The predicted octanol–water partition coefficient (Wildman–Crippen LogP) is 2.95. The van der Waals surface area contributed by atoms with E-state index in [0.29, 0.717) is 0 Å². The van der Waals surface area contributed by atoms with Gasteiger partial charge in [0, 0.05) is 23.5 Å². The van der Waals surface area contributed by atoms with Crippen LogP contribution < -0.4 is 0 Å². The largest absolute Gasteiger partial charge is 0.294 e. The zero-order valence-corrected chi connectivity index (χ0v) is 8.47. The van der Waals surface area contributed by atoms with Gasteiger partial charge in [-0.1, -0.05) is 30.3 Å². The number of pyridine rings is 1. The number of hydrogen-bond donors (Lipinski definition) is 0. The van der Waals surface area contributed by atoms with Gasteiger partial charge in [0.1, 0.15) is 0 Å².